The normalized spacial score (nSPS) is 11.2. The number of hydrogen-bond donors (Lipinski definition) is 2. The Bertz CT molecular complexity index is 1180. The maximum atomic E-state index is 12.7. The maximum Gasteiger partial charge on any atom is 0.261 e. The van der Waals surface area contributed by atoms with Crippen molar-refractivity contribution in [3.8, 4) is 0 Å². The summed E-state index contributed by atoms with van der Waals surface area (Å²) in [6.07, 6.45) is 0. The zero-order valence-electron chi connectivity index (χ0n) is 15.0. The average molecular weight is 470 g/mol. The van der Waals surface area contributed by atoms with Crippen LogP contribution in [-0.2, 0) is 10.0 Å². The van der Waals surface area contributed by atoms with Gasteiger partial charge in [-0.05, 0) is 48.9 Å². The number of benzene rings is 3. The standard InChI is InChI=1S/C20H15Cl3N2O3S/c1-12-14(20(26)24-19-11-16(22)15(21)10-17(19)23)8-5-9-18(12)25-29(27,28)13-6-3-2-4-7-13/h2-11,25H,1H3,(H,24,26). The highest BCUT2D eigenvalue weighted by molar-refractivity contribution is 7.92. The van der Waals surface area contributed by atoms with Gasteiger partial charge in [0, 0.05) is 5.56 Å². The smallest absolute Gasteiger partial charge is 0.261 e. The molecule has 1 amide bonds. The van der Waals surface area contributed by atoms with Gasteiger partial charge in [-0.25, -0.2) is 8.42 Å². The quantitative estimate of drug-likeness (QED) is 0.449. The lowest BCUT2D eigenvalue weighted by molar-refractivity contribution is 0.102. The van der Waals surface area contributed by atoms with Gasteiger partial charge in [0.2, 0.25) is 0 Å². The van der Waals surface area contributed by atoms with Gasteiger partial charge < -0.3 is 5.32 Å². The molecule has 0 saturated carbocycles. The molecule has 3 rings (SSSR count). The van der Waals surface area contributed by atoms with Crippen LogP contribution < -0.4 is 10.0 Å². The Morgan fingerprint density at radius 1 is 0.828 bits per heavy atom. The molecule has 0 aliphatic heterocycles. The second kappa shape index (κ2) is 8.63. The van der Waals surface area contributed by atoms with E-state index in [1.165, 1.54) is 24.3 Å². The monoisotopic (exact) mass is 468 g/mol. The first kappa shape index (κ1) is 21.5. The Morgan fingerprint density at radius 2 is 1.48 bits per heavy atom. The Balaban J connectivity index is 1.89. The second-order valence-electron chi connectivity index (χ2n) is 6.10. The largest absolute Gasteiger partial charge is 0.321 e. The van der Waals surface area contributed by atoms with Crippen LogP contribution in [0.4, 0.5) is 11.4 Å². The molecule has 2 N–H and O–H groups in total. The minimum absolute atomic E-state index is 0.122. The van der Waals surface area contributed by atoms with Crippen LogP contribution in [0.1, 0.15) is 15.9 Å². The highest BCUT2D eigenvalue weighted by Crippen LogP contribution is 2.33. The Kier molecular flexibility index (Phi) is 6.39. The van der Waals surface area contributed by atoms with Gasteiger partial charge in [-0.1, -0.05) is 59.1 Å². The Morgan fingerprint density at radius 3 is 2.17 bits per heavy atom. The summed E-state index contributed by atoms with van der Waals surface area (Å²) in [5.41, 5.74) is 1.32. The molecule has 0 unspecified atom stereocenters. The van der Waals surface area contributed by atoms with Crippen LogP contribution in [-0.4, -0.2) is 14.3 Å². The number of anilines is 2. The predicted molar refractivity (Wildman–Crippen MR) is 118 cm³/mol. The number of halogens is 3. The number of sulfonamides is 1. The van der Waals surface area contributed by atoms with Crippen molar-refractivity contribution < 1.29 is 13.2 Å². The number of carbonyl (C=O) groups excluding carboxylic acids is 1. The number of rotatable bonds is 5. The van der Waals surface area contributed by atoms with Gasteiger partial charge in [0.25, 0.3) is 15.9 Å². The van der Waals surface area contributed by atoms with Gasteiger partial charge in [-0.3, -0.25) is 9.52 Å². The SMILES string of the molecule is Cc1c(NS(=O)(=O)c2ccccc2)cccc1C(=O)Nc1cc(Cl)c(Cl)cc1Cl. The van der Waals surface area contributed by atoms with Crippen LogP contribution in [0.2, 0.25) is 15.1 Å². The molecule has 0 atom stereocenters. The van der Waals surface area contributed by atoms with Crippen molar-refractivity contribution in [1.82, 2.24) is 0 Å². The fourth-order valence-electron chi connectivity index (χ4n) is 2.60. The summed E-state index contributed by atoms with van der Waals surface area (Å²) >= 11 is 18.0. The van der Waals surface area contributed by atoms with E-state index in [2.05, 4.69) is 10.0 Å². The summed E-state index contributed by atoms with van der Waals surface area (Å²) < 4.78 is 27.7. The molecule has 0 aliphatic rings. The second-order valence-corrected chi connectivity index (χ2v) is 9.00. The van der Waals surface area contributed by atoms with E-state index < -0.39 is 15.9 Å². The first-order chi connectivity index (χ1) is 13.7. The highest BCUT2D eigenvalue weighted by Gasteiger charge is 2.18. The van der Waals surface area contributed by atoms with Gasteiger partial charge in [0.1, 0.15) is 0 Å². The number of nitrogens with one attached hydrogen (secondary N) is 2. The minimum Gasteiger partial charge on any atom is -0.321 e. The highest BCUT2D eigenvalue weighted by atomic mass is 35.5. The molecule has 0 heterocycles. The fourth-order valence-corrected chi connectivity index (χ4v) is 4.34. The van der Waals surface area contributed by atoms with Crippen molar-refractivity contribution in [2.75, 3.05) is 10.0 Å². The third kappa shape index (κ3) is 4.85. The van der Waals surface area contributed by atoms with Crippen molar-refractivity contribution in [3.05, 3.63) is 86.9 Å². The van der Waals surface area contributed by atoms with Gasteiger partial charge in [-0.15, -0.1) is 0 Å². The Hall–Kier alpha value is -2.25. The lowest BCUT2D eigenvalue weighted by Crippen LogP contribution is -2.17. The molecule has 29 heavy (non-hydrogen) atoms. The molecule has 0 aliphatic carbocycles. The molecule has 0 fully saturated rings. The first-order valence-electron chi connectivity index (χ1n) is 8.32. The molecule has 150 valence electrons. The molecule has 3 aromatic rings. The fraction of sp³-hybridized carbons (Fsp3) is 0.0500. The molecule has 3 aromatic carbocycles. The lowest BCUT2D eigenvalue weighted by atomic mass is 10.1. The zero-order valence-corrected chi connectivity index (χ0v) is 18.1. The maximum absolute atomic E-state index is 12.7. The third-order valence-corrected chi connectivity index (χ3v) is 6.55. The molecular weight excluding hydrogens is 455 g/mol. The summed E-state index contributed by atoms with van der Waals surface area (Å²) in [5.74, 6) is -0.469. The molecular formula is C20H15Cl3N2O3S. The van der Waals surface area contributed by atoms with E-state index in [4.69, 9.17) is 34.8 Å². The van der Waals surface area contributed by atoms with Gasteiger partial charge in [0.15, 0.2) is 0 Å². The van der Waals surface area contributed by atoms with Crippen LogP contribution >= 0.6 is 34.8 Å². The molecule has 0 bridgehead atoms. The van der Waals surface area contributed by atoms with E-state index in [1.54, 1.807) is 43.3 Å². The summed E-state index contributed by atoms with van der Waals surface area (Å²) in [7, 11) is -3.79. The van der Waals surface area contributed by atoms with E-state index in [0.717, 1.165) is 0 Å². The van der Waals surface area contributed by atoms with E-state index in [-0.39, 0.29) is 25.5 Å². The van der Waals surface area contributed by atoms with Crippen LogP contribution in [0, 0.1) is 6.92 Å². The van der Waals surface area contributed by atoms with E-state index >= 15 is 0 Å². The van der Waals surface area contributed by atoms with Crippen LogP contribution in [0.3, 0.4) is 0 Å². The molecule has 5 nitrogen and oxygen atoms in total. The van der Waals surface area contributed by atoms with E-state index in [9.17, 15) is 13.2 Å². The number of carbonyl (C=O) groups is 1. The van der Waals surface area contributed by atoms with Crippen molar-refractivity contribution >= 4 is 62.1 Å². The molecule has 0 aromatic heterocycles. The van der Waals surface area contributed by atoms with Crippen LogP contribution in [0.15, 0.2) is 65.6 Å². The average Bonchev–Trinajstić information content (AvgIpc) is 2.68. The molecule has 0 radical (unpaired) electrons. The van der Waals surface area contributed by atoms with Crippen LogP contribution in [0.25, 0.3) is 0 Å². The summed E-state index contributed by atoms with van der Waals surface area (Å²) in [4.78, 5) is 12.9. The van der Waals surface area contributed by atoms with Crippen molar-refractivity contribution in [3.63, 3.8) is 0 Å². The van der Waals surface area contributed by atoms with E-state index in [1.807, 2.05) is 0 Å². The van der Waals surface area contributed by atoms with Crippen molar-refractivity contribution in [2.24, 2.45) is 0 Å². The lowest BCUT2D eigenvalue weighted by Gasteiger charge is -2.14. The first-order valence-corrected chi connectivity index (χ1v) is 10.9. The van der Waals surface area contributed by atoms with Crippen molar-refractivity contribution in [1.29, 1.82) is 0 Å². The molecule has 9 heteroatoms. The number of hydrogen-bond acceptors (Lipinski definition) is 3. The Labute approximate surface area is 183 Å². The number of amides is 1. The zero-order chi connectivity index (χ0) is 21.2. The topological polar surface area (TPSA) is 75.3 Å². The molecule has 0 spiro atoms. The predicted octanol–water partition coefficient (Wildman–Crippen LogP) is 6.01. The van der Waals surface area contributed by atoms with Crippen LogP contribution in [0.5, 0.6) is 0 Å². The summed E-state index contributed by atoms with van der Waals surface area (Å²) in [6.45, 7) is 1.65. The summed E-state index contributed by atoms with van der Waals surface area (Å²) in [6, 6.07) is 15.6. The van der Waals surface area contributed by atoms with Gasteiger partial charge in [-0.2, -0.15) is 0 Å². The van der Waals surface area contributed by atoms with E-state index in [0.29, 0.717) is 16.9 Å². The molecule has 0 saturated heterocycles. The van der Waals surface area contributed by atoms with Crippen molar-refractivity contribution in [2.45, 2.75) is 11.8 Å². The van der Waals surface area contributed by atoms with Gasteiger partial charge in [0.05, 0.1) is 31.3 Å². The summed E-state index contributed by atoms with van der Waals surface area (Å²) in [5, 5.41) is 3.40. The minimum atomic E-state index is -3.79. The third-order valence-electron chi connectivity index (χ3n) is 4.13. The van der Waals surface area contributed by atoms with Gasteiger partial charge >= 0.3 is 0 Å².